The highest BCUT2D eigenvalue weighted by atomic mass is 16.2. The average Bonchev–Trinajstić information content (AvgIpc) is 2.45. The molecule has 4 nitrogen and oxygen atoms in total. The summed E-state index contributed by atoms with van der Waals surface area (Å²) in [5.41, 5.74) is 1.61. The lowest BCUT2D eigenvalue weighted by molar-refractivity contribution is 0.0753. The first kappa shape index (κ1) is 18.6. The van der Waals surface area contributed by atoms with E-state index >= 15 is 0 Å². The van der Waals surface area contributed by atoms with Gasteiger partial charge in [-0.15, -0.1) is 0 Å². The van der Waals surface area contributed by atoms with Crippen molar-refractivity contribution in [2.45, 2.75) is 34.1 Å². The zero-order chi connectivity index (χ0) is 15.5. The van der Waals surface area contributed by atoms with Crippen LogP contribution in [0.4, 0.5) is 0 Å². The molecule has 0 aromatic carbocycles. The van der Waals surface area contributed by atoms with Gasteiger partial charge in [0, 0.05) is 19.3 Å². The molecule has 0 fully saturated rings. The lowest BCUT2D eigenvalue weighted by Crippen LogP contribution is -2.33. The third kappa shape index (κ3) is 6.66. The van der Waals surface area contributed by atoms with Crippen molar-refractivity contribution < 1.29 is 4.79 Å². The normalized spacial score (nSPS) is 9.95. The Labute approximate surface area is 123 Å². The predicted molar refractivity (Wildman–Crippen MR) is 85.1 cm³/mol. The van der Waals surface area contributed by atoms with E-state index in [9.17, 15) is 4.79 Å². The number of rotatable bonds is 6. The van der Waals surface area contributed by atoms with E-state index in [2.05, 4.69) is 9.88 Å². The SMILES string of the molecule is CC.CCN(CCCN(C)C)C(=O)c1ccc(C)cn1. The molecule has 0 aliphatic rings. The maximum Gasteiger partial charge on any atom is 0.272 e. The van der Waals surface area contributed by atoms with Crippen LogP contribution in [0.15, 0.2) is 18.3 Å². The van der Waals surface area contributed by atoms with Crippen LogP contribution in [0, 0.1) is 6.92 Å². The molecule has 0 saturated carbocycles. The fourth-order valence-electron chi connectivity index (χ4n) is 1.74. The average molecular weight is 279 g/mol. The smallest absolute Gasteiger partial charge is 0.272 e. The maximum absolute atomic E-state index is 12.2. The molecule has 0 spiro atoms. The second kappa shape index (κ2) is 10.4. The van der Waals surface area contributed by atoms with Gasteiger partial charge in [-0.25, -0.2) is 0 Å². The Balaban J connectivity index is 0.00000172. The van der Waals surface area contributed by atoms with Gasteiger partial charge in [-0.1, -0.05) is 19.9 Å². The predicted octanol–water partition coefficient (Wildman–Crippen LogP) is 2.83. The van der Waals surface area contributed by atoms with Gasteiger partial charge in [0.1, 0.15) is 5.69 Å². The number of carbonyl (C=O) groups excluding carboxylic acids is 1. The van der Waals surface area contributed by atoms with Crippen molar-refractivity contribution in [2.75, 3.05) is 33.7 Å². The number of pyridine rings is 1. The molecule has 4 heteroatoms. The summed E-state index contributed by atoms with van der Waals surface area (Å²) in [7, 11) is 4.08. The quantitative estimate of drug-likeness (QED) is 0.803. The van der Waals surface area contributed by atoms with E-state index in [1.54, 1.807) is 12.3 Å². The molecule has 1 aromatic heterocycles. The molecule has 0 N–H and O–H groups in total. The molecule has 0 aliphatic carbocycles. The molecule has 114 valence electrons. The van der Waals surface area contributed by atoms with Gasteiger partial charge in [0.2, 0.25) is 0 Å². The summed E-state index contributed by atoms with van der Waals surface area (Å²) in [5.74, 6) is 0.0243. The molecule has 0 aliphatic heterocycles. The van der Waals surface area contributed by atoms with Gasteiger partial charge in [-0.3, -0.25) is 9.78 Å². The van der Waals surface area contributed by atoms with Crippen LogP contribution in [-0.2, 0) is 0 Å². The minimum atomic E-state index is 0.0243. The van der Waals surface area contributed by atoms with Crippen molar-refractivity contribution in [3.63, 3.8) is 0 Å². The number of aryl methyl sites for hydroxylation is 1. The van der Waals surface area contributed by atoms with E-state index in [4.69, 9.17) is 0 Å². The Morgan fingerprint density at radius 1 is 1.20 bits per heavy atom. The minimum Gasteiger partial charge on any atom is -0.338 e. The lowest BCUT2D eigenvalue weighted by atomic mass is 10.2. The number of nitrogens with zero attached hydrogens (tertiary/aromatic N) is 3. The number of hydrogen-bond acceptors (Lipinski definition) is 3. The fourth-order valence-corrected chi connectivity index (χ4v) is 1.74. The molecular formula is C16H29N3O. The van der Waals surface area contributed by atoms with Crippen molar-refractivity contribution in [3.05, 3.63) is 29.6 Å². The zero-order valence-corrected chi connectivity index (χ0v) is 13.8. The summed E-state index contributed by atoms with van der Waals surface area (Å²) in [4.78, 5) is 20.4. The molecule has 0 saturated heterocycles. The standard InChI is InChI=1S/C14H23N3O.C2H6/c1-5-17(10-6-9-16(3)4)14(18)13-8-7-12(2)11-15-13;1-2/h7-8,11H,5-6,9-10H2,1-4H3;1-2H3. The summed E-state index contributed by atoms with van der Waals surface area (Å²) in [6.45, 7) is 10.5. The van der Waals surface area contributed by atoms with E-state index in [0.717, 1.165) is 31.6 Å². The first-order chi connectivity index (χ1) is 9.54. The third-order valence-corrected chi connectivity index (χ3v) is 2.83. The van der Waals surface area contributed by atoms with E-state index in [1.165, 1.54) is 0 Å². The molecule has 1 amide bonds. The highest BCUT2D eigenvalue weighted by Crippen LogP contribution is 2.04. The Kier molecular flexibility index (Phi) is 9.64. The number of aromatic nitrogens is 1. The first-order valence-electron chi connectivity index (χ1n) is 7.41. The Morgan fingerprint density at radius 2 is 1.85 bits per heavy atom. The monoisotopic (exact) mass is 279 g/mol. The second-order valence-electron chi connectivity index (χ2n) is 4.76. The summed E-state index contributed by atoms with van der Waals surface area (Å²) >= 11 is 0. The van der Waals surface area contributed by atoms with Crippen LogP contribution < -0.4 is 0 Å². The zero-order valence-electron chi connectivity index (χ0n) is 13.8. The van der Waals surface area contributed by atoms with Gasteiger partial charge in [0.25, 0.3) is 5.91 Å². The highest BCUT2D eigenvalue weighted by Gasteiger charge is 2.14. The number of amides is 1. The molecule has 0 radical (unpaired) electrons. The molecule has 0 bridgehead atoms. The first-order valence-corrected chi connectivity index (χ1v) is 7.41. The maximum atomic E-state index is 12.2. The van der Waals surface area contributed by atoms with E-state index in [-0.39, 0.29) is 5.91 Å². The van der Waals surface area contributed by atoms with E-state index in [0.29, 0.717) is 5.69 Å². The number of hydrogen-bond donors (Lipinski definition) is 0. The van der Waals surface area contributed by atoms with Gasteiger partial charge in [-0.05, 0) is 52.5 Å². The Morgan fingerprint density at radius 3 is 2.30 bits per heavy atom. The van der Waals surface area contributed by atoms with E-state index in [1.807, 2.05) is 52.8 Å². The van der Waals surface area contributed by atoms with Crippen LogP contribution in [0.1, 0.15) is 43.2 Å². The lowest BCUT2D eigenvalue weighted by Gasteiger charge is -2.21. The van der Waals surface area contributed by atoms with Crippen LogP contribution in [0.3, 0.4) is 0 Å². The molecule has 1 aromatic rings. The Hall–Kier alpha value is -1.42. The van der Waals surface area contributed by atoms with Crippen LogP contribution in [0.5, 0.6) is 0 Å². The molecule has 0 atom stereocenters. The van der Waals surface area contributed by atoms with Gasteiger partial charge in [0.05, 0.1) is 0 Å². The van der Waals surface area contributed by atoms with Crippen molar-refractivity contribution in [3.8, 4) is 0 Å². The summed E-state index contributed by atoms with van der Waals surface area (Å²) in [6, 6.07) is 3.72. The van der Waals surface area contributed by atoms with Gasteiger partial charge >= 0.3 is 0 Å². The van der Waals surface area contributed by atoms with Gasteiger partial charge in [0.15, 0.2) is 0 Å². The van der Waals surface area contributed by atoms with Crippen molar-refractivity contribution in [1.29, 1.82) is 0 Å². The molecule has 0 unspecified atom stereocenters. The van der Waals surface area contributed by atoms with Gasteiger partial charge in [-0.2, -0.15) is 0 Å². The van der Waals surface area contributed by atoms with Crippen molar-refractivity contribution in [1.82, 2.24) is 14.8 Å². The van der Waals surface area contributed by atoms with Crippen molar-refractivity contribution >= 4 is 5.91 Å². The van der Waals surface area contributed by atoms with Crippen LogP contribution >= 0.6 is 0 Å². The van der Waals surface area contributed by atoms with Crippen LogP contribution in [0.2, 0.25) is 0 Å². The largest absolute Gasteiger partial charge is 0.338 e. The summed E-state index contributed by atoms with van der Waals surface area (Å²) in [6.07, 6.45) is 2.72. The molecule has 20 heavy (non-hydrogen) atoms. The number of carbonyl (C=O) groups is 1. The Bertz CT molecular complexity index is 374. The topological polar surface area (TPSA) is 36.4 Å². The van der Waals surface area contributed by atoms with Crippen molar-refractivity contribution in [2.24, 2.45) is 0 Å². The summed E-state index contributed by atoms with van der Waals surface area (Å²) in [5, 5.41) is 0. The molecule has 1 heterocycles. The molecular weight excluding hydrogens is 250 g/mol. The van der Waals surface area contributed by atoms with Gasteiger partial charge < -0.3 is 9.80 Å². The second-order valence-corrected chi connectivity index (χ2v) is 4.76. The third-order valence-electron chi connectivity index (χ3n) is 2.83. The van der Waals surface area contributed by atoms with E-state index < -0.39 is 0 Å². The summed E-state index contributed by atoms with van der Waals surface area (Å²) < 4.78 is 0. The van der Waals surface area contributed by atoms with Crippen LogP contribution in [-0.4, -0.2) is 54.4 Å². The highest BCUT2D eigenvalue weighted by molar-refractivity contribution is 5.92. The minimum absolute atomic E-state index is 0.0243. The van der Waals surface area contributed by atoms with Crippen LogP contribution in [0.25, 0.3) is 0 Å². The molecule has 1 rings (SSSR count). The fraction of sp³-hybridized carbons (Fsp3) is 0.625.